The van der Waals surface area contributed by atoms with Gasteiger partial charge in [-0.2, -0.15) is 0 Å². The van der Waals surface area contributed by atoms with Crippen LogP contribution < -0.4 is 4.43 Å². The van der Waals surface area contributed by atoms with Crippen molar-refractivity contribution in [1.82, 2.24) is 4.90 Å². The van der Waals surface area contributed by atoms with Gasteiger partial charge in [-0.25, -0.2) is 0 Å². The predicted octanol–water partition coefficient (Wildman–Crippen LogP) is 8.03. The number of Topliss-reactive ketones (excluding diaryl/α,β-unsaturated/α-hetero) is 1. The van der Waals surface area contributed by atoms with Crippen molar-refractivity contribution in [1.29, 1.82) is 0 Å². The Balaban J connectivity index is 1.61. The maximum absolute atomic E-state index is 13.4. The standard InChI is InChI=1S/C27H38ClNO2SSi/c1-17(2)33(18(3)4,19(5)6)31-25-15-21-16-29(14-13-24(21)32-25)26(27(30)20-11-12-20)22-9-7-8-10-23(22)28/h7-10,15,17-20,26H,11-14,16H2,1-6H3. The van der Waals surface area contributed by atoms with Crippen molar-refractivity contribution in [3.8, 4) is 5.06 Å². The van der Waals surface area contributed by atoms with E-state index in [-0.39, 0.29) is 12.0 Å². The summed E-state index contributed by atoms with van der Waals surface area (Å²) in [4.78, 5) is 17.1. The lowest BCUT2D eigenvalue weighted by atomic mass is 9.95. The summed E-state index contributed by atoms with van der Waals surface area (Å²) >= 11 is 8.41. The number of fused-ring (bicyclic) bond motifs is 1. The summed E-state index contributed by atoms with van der Waals surface area (Å²) in [5, 5.41) is 1.77. The molecule has 1 aromatic carbocycles. The molecule has 180 valence electrons. The fourth-order valence-corrected chi connectivity index (χ4v) is 12.8. The Morgan fingerprint density at radius 1 is 1.09 bits per heavy atom. The zero-order valence-corrected chi connectivity index (χ0v) is 23.4. The van der Waals surface area contributed by atoms with Crippen molar-refractivity contribution >= 4 is 37.0 Å². The number of nitrogens with zero attached hydrogens (tertiary/aromatic N) is 1. The minimum atomic E-state index is -1.98. The van der Waals surface area contributed by atoms with Crippen LogP contribution in [0.15, 0.2) is 30.3 Å². The monoisotopic (exact) mass is 503 g/mol. The summed E-state index contributed by atoms with van der Waals surface area (Å²) in [6.45, 7) is 15.7. The van der Waals surface area contributed by atoms with Crippen molar-refractivity contribution in [3.63, 3.8) is 0 Å². The van der Waals surface area contributed by atoms with Gasteiger partial charge < -0.3 is 4.43 Å². The summed E-state index contributed by atoms with van der Waals surface area (Å²) in [7, 11) is -1.98. The van der Waals surface area contributed by atoms with Crippen molar-refractivity contribution in [2.45, 2.75) is 90.0 Å². The van der Waals surface area contributed by atoms with Crippen LogP contribution in [0.25, 0.3) is 0 Å². The molecule has 2 heterocycles. The van der Waals surface area contributed by atoms with Crippen molar-refractivity contribution in [3.05, 3.63) is 51.4 Å². The van der Waals surface area contributed by atoms with Gasteiger partial charge in [-0.05, 0) is 59.1 Å². The van der Waals surface area contributed by atoms with Crippen LogP contribution in [-0.4, -0.2) is 25.5 Å². The van der Waals surface area contributed by atoms with Gasteiger partial charge in [-0.1, -0.05) is 71.3 Å². The van der Waals surface area contributed by atoms with Gasteiger partial charge in [0.2, 0.25) is 0 Å². The normalized spacial score (nSPS) is 18.1. The number of hydrogen-bond acceptors (Lipinski definition) is 4. The molecule has 1 atom stereocenters. The zero-order chi connectivity index (χ0) is 23.9. The Kier molecular flexibility index (Phi) is 7.45. The van der Waals surface area contributed by atoms with Gasteiger partial charge in [-0.15, -0.1) is 11.3 Å². The fraction of sp³-hybridized carbons (Fsp3) is 0.593. The molecular weight excluding hydrogens is 466 g/mol. The fourth-order valence-electron chi connectivity index (χ4n) is 5.94. The molecule has 1 unspecified atom stereocenters. The number of carbonyl (C=O) groups excluding carboxylic acids is 1. The Morgan fingerprint density at radius 2 is 1.73 bits per heavy atom. The third-order valence-electron chi connectivity index (χ3n) is 7.67. The molecule has 0 saturated heterocycles. The van der Waals surface area contributed by atoms with E-state index in [4.69, 9.17) is 16.0 Å². The Bertz CT molecular complexity index is 976. The molecule has 0 radical (unpaired) electrons. The van der Waals surface area contributed by atoms with Crippen LogP contribution in [-0.2, 0) is 17.8 Å². The van der Waals surface area contributed by atoms with E-state index in [1.165, 1.54) is 10.4 Å². The lowest BCUT2D eigenvalue weighted by Crippen LogP contribution is -2.50. The number of ketones is 1. The van der Waals surface area contributed by atoms with E-state index in [1.807, 2.05) is 35.6 Å². The van der Waals surface area contributed by atoms with E-state index in [0.29, 0.717) is 27.4 Å². The molecule has 4 rings (SSSR count). The van der Waals surface area contributed by atoms with E-state index in [1.54, 1.807) is 0 Å². The summed E-state index contributed by atoms with van der Waals surface area (Å²) in [6, 6.07) is 9.89. The van der Waals surface area contributed by atoms with Crippen LogP contribution in [0, 0.1) is 5.92 Å². The van der Waals surface area contributed by atoms with Crippen molar-refractivity contribution < 1.29 is 9.22 Å². The van der Waals surface area contributed by atoms with Gasteiger partial charge in [0.15, 0.2) is 10.8 Å². The van der Waals surface area contributed by atoms with Gasteiger partial charge in [-0.3, -0.25) is 9.69 Å². The molecule has 1 aromatic heterocycles. The molecule has 1 aliphatic heterocycles. The maximum atomic E-state index is 13.4. The average Bonchev–Trinajstić information content (AvgIpc) is 3.52. The van der Waals surface area contributed by atoms with Crippen molar-refractivity contribution in [2.24, 2.45) is 5.92 Å². The summed E-state index contributed by atoms with van der Waals surface area (Å²) in [5.41, 5.74) is 3.93. The second-order valence-electron chi connectivity index (χ2n) is 10.8. The minimum absolute atomic E-state index is 0.198. The lowest BCUT2D eigenvalue weighted by Gasteiger charge is -2.41. The second kappa shape index (κ2) is 9.85. The number of thiophene rings is 1. The van der Waals surface area contributed by atoms with Crippen LogP contribution in [0.3, 0.4) is 0 Å². The first kappa shape index (κ1) is 25.0. The van der Waals surface area contributed by atoms with Crippen LogP contribution in [0.4, 0.5) is 0 Å². The molecule has 3 nitrogen and oxygen atoms in total. The zero-order valence-electron chi connectivity index (χ0n) is 20.9. The van der Waals surface area contributed by atoms with Gasteiger partial charge in [0, 0.05) is 28.9 Å². The number of hydrogen-bond donors (Lipinski definition) is 0. The third-order valence-corrected chi connectivity index (χ3v) is 15.3. The minimum Gasteiger partial charge on any atom is -0.536 e. The Labute approximate surface area is 209 Å². The number of benzene rings is 1. The lowest BCUT2D eigenvalue weighted by molar-refractivity contribution is -0.126. The first-order valence-electron chi connectivity index (χ1n) is 12.5. The topological polar surface area (TPSA) is 29.5 Å². The van der Waals surface area contributed by atoms with Crippen molar-refractivity contribution in [2.75, 3.05) is 6.54 Å². The highest BCUT2D eigenvalue weighted by Gasteiger charge is 2.47. The van der Waals surface area contributed by atoms with E-state index >= 15 is 0 Å². The second-order valence-corrected chi connectivity index (χ2v) is 17.6. The van der Waals surface area contributed by atoms with E-state index in [0.717, 1.165) is 43.0 Å². The smallest absolute Gasteiger partial charge is 0.259 e. The maximum Gasteiger partial charge on any atom is 0.259 e. The number of rotatable bonds is 9. The molecule has 2 aliphatic rings. The Morgan fingerprint density at radius 3 is 2.30 bits per heavy atom. The molecule has 0 N–H and O–H groups in total. The van der Waals surface area contributed by atoms with E-state index < -0.39 is 8.32 Å². The molecule has 1 aliphatic carbocycles. The summed E-state index contributed by atoms with van der Waals surface area (Å²) < 4.78 is 6.99. The average molecular weight is 504 g/mol. The highest BCUT2D eigenvalue weighted by molar-refractivity contribution is 7.14. The molecule has 6 heteroatoms. The highest BCUT2D eigenvalue weighted by atomic mass is 35.5. The molecule has 2 aromatic rings. The number of halogens is 1. The quantitative estimate of drug-likeness (QED) is 0.324. The number of carbonyl (C=O) groups is 1. The van der Waals surface area contributed by atoms with E-state index in [2.05, 4.69) is 52.5 Å². The van der Waals surface area contributed by atoms with Gasteiger partial charge >= 0.3 is 0 Å². The predicted molar refractivity (Wildman–Crippen MR) is 142 cm³/mol. The van der Waals surface area contributed by atoms with E-state index in [9.17, 15) is 4.79 Å². The van der Waals surface area contributed by atoms with Crippen LogP contribution in [0.5, 0.6) is 5.06 Å². The molecule has 1 saturated carbocycles. The largest absolute Gasteiger partial charge is 0.536 e. The third kappa shape index (κ3) is 4.84. The SMILES string of the molecule is CC(C)[Si](Oc1cc2c(s1)CCN(C(C(=O)C1CC1)c1ccccc1Cl)C2)(C(C)C)C(C)C. The molecule has 0 bridgehead atoms. The molecule has 1 fully saturated rings. The van der Waals surface area contributed by atoms with Crippen LogP contribution in [0.2, 0.25) is 21.6 Å². The van der Waals surface area contributed by atoms with Crippen LogP contribution >= 0.6 is 22.9 Å². The highest BCUT2D eigenvalue weighted by Crippen LogP contribution is 2.46. The molecule has 33 heavy (non-hydrogen) atoms. The molecular formula is C27H38ClNO2SSi. The first-order valence-corrected chi connectivity index (χ1v) is 15.8. The van der Waals surface area contributed by atoms with Gasteiger partial charge in [0.1, 0.15) is 0 Å². The van der Waals surface area contributed by atoms with Gasteiger partial charge in [0.05, 0.1) is 6.04 Å². The molecule has 0 spiro atoms. The van der Waals surface area contributed by atoms with Crippen LogP contribution in [0.1, 0.15) is 76.4 Å². The van der Waals surface area contributed by atoms with Gasteiger partial charge in [0.25, 0.3) is 8.32 Å². The summed E-state index contributed by atoms with van der Waals surface area (Å²) in [6.07, 6.45) is 2.99. The summed E-state index contributed by atoms with van der Waals surface area (Å²) in [5.74, 6) is 0.535. The molecule has 0 amide bonds. The first-order chi connectivity index (χ1) is 15.6. The Hall–Kier alpha value is -1.14.